The van der Waals surface area contributed by atoms with Crippen molar-refractivity contribution in [2.45, 2.75) is 46.0 Å². The highest BCUT2D eigenvalue weighted by molar-refractivity contribution is 7.12. The van der Waals surface area contributed by atoms with Gasteiger partial charge in [0.25, 0.3) is 0 Å². The Labute approximate surface area is 129 Å². The van der Waals surface area contributed by atoms with Crippen molar-refractivity contribution in [1.29, 1.82) is 0 Å². The first kappa shape index (κ1) is 16.0. The van der Waals surface area contributed by atoms with Crippen molar-refractivity contribution in [2.24, 2.45) is 11.3 Å². The van der Waals surface area contributed by atoms with Crippen LogP contribution in [0.15, 0.2) is 11.4 Å². The Morgan fingerprint density at radius 2 is 2.05 bits per heavy atom. The molecule has 5 heteroatoms. The summed E-state index contributed by atoms with van der Waals surface area (Å²) < 4.78 is 4.75. The van der Waals surface area contributed by atoms with Crippen LogP contribution in [0.3, 0.4) is 0 Å². The van der Waals surface area contributed by atoms with Crippen molar-refractivity contribution < 1.29 is 14.3 Å². The summed E-state index contributed by atoms with van der Waals surface area (Å²) in [5, 5.41) is 4.76. The maximum Gasteiger partial charge on any atom is 0.350 e. The van der Waals surface area contributed by atoms with Gasteiger partial charge in [0, 0.05) is 5.41 Å². The number of hydrogen-bond donors (Lipinski definition) is 1. The average Bonchev–Trinajstić information content (AvgIpc) is 3.07. The molecule has 0 aliphatic heterocycles. The summed E-state index contributed by atoms with van der Waals surface area (Å²) in [5.41, 5.74) is 0.302. The van der Waals surface area contributed by atoms with Crippen molar-refractivity contribution in [1.82, 2.24) is 0 Å². The SMILES string of the molecule is COC(=O)c1sccc1NC(=O)C1(CC(C)C)CCCC1. The number of nitrogens with one attached hydrogen (secondary N) is 1. The van der Waals surface area contributed by atoms with E-state index in [-0.39, 0.29) is 11.3 Å². The van der Waals surface area contributed by atoms with Crippen LogP contribution in [0.4, 0.5) is 5.69 Å². The van der Waals surface area contributed by atoms with E-state index in [2.05, 4.69) is 19.2 Å². The molecule has 1 N–H and O–H groups in total. The predicted molar refractivity (Wildman–Crippen MR) is 84.6 cm³/mol. The van der Waals surface area contributed by atoms with Crippen LogP contribution in [0.25, 0.3) is 0 Å². The predicted octanol–water partition coefficient (Wildman–Crippen LogP) is 4.08. The van der Waals surface area contributed by atoms with Gasteiger partial charge in [-0.05, 0) is 36.6 Å². The smallest absolute Gasteiger partial charge is 0.350 e. The Bertz CT molecular complexity index is 515. The maximum absolute atomic E-state index is 12.8. The fourth-order valence-electron chi connectivity index (χ4n) is 3.27. The van der Waals surface area contributed by atoms with Crippen molar-refractivity contribution in [3.8, 4) is 0 Å². The largest absolute Gasteiger partial charge is 0.465 e. The number of anilines is 1. The summed E-state index contributed by atoms with van der Waals surface area (Å²) >= 11 is 1.29. The molecule has 21 heavy (non-hydrogen) atoms. The Kier molecular flexibility index (Phi) is 5.04. The van der Waals surface area contributed by atoms with Gasteiger partial charge in [-0.25, -0.2) is 4.79 Å². The molecule has 0 saturated heterocycles. The average molecular weight is 309 g/mol. The minimum absolute atomic E-state index is 0.0530. The number of hydrogen-bond acceptors (Lipinski definition) is 4. The van der Waals surface area contributed by atoms with Crippen LogP contribution in [0.2, 0.25) is 0 Å². The van der Waals surface area contributed by atoms with Crippen LogP contribution in [0.1, 0.15) is 55.6 Å². The number of rotatable bonds is 5. The van der Waals surface area contributed by atoms with E-state index in [9.17, 15) is 9.59 Å². The van der Waals surface area contributed by atoms with Gasteiger partial charge < -0.3 is 10.1 Å². The van der Waals surface area contributed by atoms with E-state index in [4.69, 9.17) is 4.74 Å². The van der Waals surface area contributed by atoms with Crippen molar-refractivity contribution in [2.75, 3.05) is 12.4 Å². The lowest BCUT2D eigenvalue weighted by atomic mass is 9.77. The molecule has 1 saturated carbocycles. The quantitative estimate of drug-likeness (QED) is 0.834. The molecule has 1 aromatic heterocycles. The molecule has 0 spiro atoms. The van der Waals surface area contributed by atoms with Gasteiger partial charge >= 0.3 is 5.97 Å². The first-order valence-electron chi connectivity index (χ1n) is 7.46. The molecule has 1 fully saturated rings. The van der Waals surface area contributed by atoms with Crippen LogP contribution in [-0.2, 0) is 9.53 Å². The van der Waals surface area contributed by atoms with E-state index >= 15 is 0 Å². The van der Waals surface area contributed by atoms with E-state index < -0.39 is 5.97 Å². The molecule has 1 aliphatic carbocycles. The van der Waals surface area contributed by atoms with E-state index in [1.807, 2.05) is 0 Å². The molecule has 0 aromatic carbocycles. The molecule has 116 valence electrons. The highest BCUT2D eigenvalue weighted by atomic mass is 32.1. The van der Waals surface area contributed by atoms with Gasteiger partial charge in [0.15, 0.2) is 0 Å². The summed E-state index contributed by atoms with van der Waals surface area (Å²) in [6.07, 6.45) is 4.99. The molecule has 1 heterocycles. The second-order valence-corrected chi connectivity index (χ2v) is 7.11. The highest BCUT2D eigenvalue weighted by Gasteiger charge is 2.41. The number of amides is 1. The third-order valence-electron chi connectivity index (χ3n) is 4.13. The Balaban J connectivity index is 2.16. The Morgan fingerprint density at radius 1 is 1.38 bits per heavy atom. The van der Waals surface area contributed by atoms with Gasteiger partial charge in [0.2, 0.25) is 5.91 Å². The Hall–Kier alpha value is -1.36. The third-order valence-corrected chi connectivity index (χ3v) is 5.02. The first-order valence-corrected chi connectivity index (χ1v) is 8.34. The zero-order chi connectivity index (χ0) is 15.5. The van der Waals surface area contributed by atoms with Gasteiger partial charge in [0.05, 0.1) is 12.8 Å². The Morgan fingerprint density at radius 3 is 2.62 bits per heavy atom. The summed E-state index contributed by atoms with van der Waals surface area (Å²) in [6, 6.07) is 1.77. The second-order valence-electron chi connectivity index (χ2n) is 6.19. The van der Waals surface area contributed by atoms with E-state index in [1.165, 1.54) is 18.4 Å². The second kappa shape index (κ2) is 6.60. The van der Waals surface area contributed by atoms with Crippen LogP contribution >= 0.6 is 11.3 Å². The molecule has 1 aromatic rings. The van der Waals surface area contributed by atoms with Crippen LogP contribution < -0.4 is 5.32 Å². The fraction of sp³-hybridized carbons (Fsp3) is 0.625. The van der Waals surface area contributed by atoms with E-state index in [1.54, 1.807) is 11.4 Å². The zero-order valence-corrected chi connectivity index (χ0v) is 13.7. The lowest BCUT2D eigenvalue weighted by Gasteiger charge is -2.29. The van der Waals surface area contributed by atoms with E-state index in [0.29, 0.717) is 16.5 Å². The van der Waals surface area contributed by atoms with Crippen LogP contribution in [-0.4, -0.2) is 19.0 Å². The number of carbonyl (C=O) groups is 2. The molecule has 0 radical (unpaired) electrons. The van der Waals surface area contributed by atoms with Crippen molar-refractivity contribution in [3.05, 3.63) is 16.3 Å². The first-order chi connectivity index (χ1) is 9.98. The summed E-state index contributed by atoms with van der Waals surface area (Å²) in [4.78, 5) is 24.9. The van der Waals surface area contributed by atoms with E-state index in [0.717, 1.165) is 32.1 Å². The topological polar surface area (TPSA) is 55.4 Å². The lowest BCUT2D eigenvalue weighted by Crippen LogP contribution is -2.35. The molecular formula is C16H23NO3S. The molecule has 4 nitrogen and oxygen atoms in total. The van der Waals surface area contributed by atoms with Gasteiger partial charge in [0.1, 0.15) is 4.88 Å². The van der Waals surface area contributed by atoms with Gasteiger partial charge in [-0.15, -0.1) is 11.3 Å². The minimum atomic E-state index is -0.398. The standard InChI is InChI=1S/C16H23NO3S/c1-11(2)10-16(7-4-5-8-16)15(19)17-12-6-9-21-13(12)14(18)20-3/h6,9,11H,4-5,7-8,10H2,1-3H3,(H,17,19). The third kappa shape index (κ3) is 3.46. The normalized spacial score (nSPS) is 17.0. The number of thiophene rings is 1. The van der Waals surface area contributed by atoms with Gasteiger partial charge in [-0.2, -0.15) is 0 Å². The highest BCUT2D eigenvalue weighted by Crippen LogP contribution is 2.44. The fourth-order valence-corrected chi connectivity index (χ4v) is 4.04. The van der Waals surface area contributed by atoms with Gasteiger partial charge in [-0.3, -0.25) is 4.79 Å². The monoisotopic (exact) mass is 309 g/mol. The van der Waals surface area contributed by atoms with Crippen LogP contribution in [0, 0.1) is 11.3 Å². The summed E-state index contributed by atoms with van der Waals surface area (Å²) in [7, 11) is 1.35. The molecule has 1 aliphatic rings. The number of esters is 1. The van der Waals surface area contributed by atoms with Crippen molar-refractivity contribution >= 4 is 28.9 Å². The number of methoxy groups -OCH3 is 1. The number of carbonyl (C=O) groups excluding carboxylic acids is 2. The maximum atomic E-state index is 12.8. The summed E-state index contributed by atoms with van der Waals surface area (Å²) in [6.45, 7) is 4.30. The van der Waals surface area contributed by atoms with Crippen LogP contribution in [0.5, 0.6) is 0 Å². The van der Waals surface area contributed by atoms with Crippen molar-refractivity contribution in [3.63, 3.8) is 0 Å². The molecular weight excluding hydrogens is 286 g/mol. The zero-order valence-electron chi connectivity index (χ0n) is 12.9. The summed E-state index contributed by atoms with van der Waals surface area (Å²) in [5.74, 6) is 0.137. The molecule has 0 atom stereocenters. The molecule has 0 bridgehead atoms. The molecule has 2 rings (SSSR count). The molecule has 1 amide bonds. The van der Waals surface area contributed by atoms with Gasteiger partial charge in [-0.1, -0.05) is 26.7 Å². The lowest BCUT2D eigenvalue weighted by molar-refractivity contribution is -0.126. The minimum Gasteiger partial charge on any atom is -0.465 e. The molecule has 0 unspecified atom stereocenters. The number of ether oxygens (including phenoxy) is 1.